The molecule has 0 saturated heterocycles. The molecule has 38 heavy (non-hydrogen) atoms. The second-order valence-electron chi connectivity index (χ2n) is 10.4. The maximum absolute atomic E-state index is 13.2. The predicted molar refractivity (Wildman–Crippen MR) is 169 cm³/mol. The molecule has 0 aliphatic heterocycles. The van der Waals surface area contributed by atoms with Crippen molar-refractivity contribution in [2.45, 2.75) is 78.8 Å². The number of alkyl halides is 1. The lowest BCUT2D eigenvalue weighted by atomic mass is 9.80. The Hall–Kier alpha value is -3.01. The second-order valence-corrected chi connectivity index (χ2v) is 10.4. The molecule has 1 fully saturated rings. The Morgan fingerprint density at radius 1 is 1.18 bits per heavy atom. The molecule has 0 unspecified atom stereocenters. The van der Waals surface area contributed by atoms with Crippen LogP contribution in [0.1, 0.15) is 84.3 Å². The van der Waals surface area contributed by atoms with Gasteiger partial charge in [-0.1, -0.05) is 69.9 Å². The predicted octanol–water partition coefficient (Wildman–Crippen LogP) is 9.50. The molecule has 0 atom stereocenters. The fourth-order valence-electron chi connectivity index (χ4n) is 4.59. The van der Waals surface area contributed by atoms with Crippen LogP contribution in [-0.4, -0.2) is 43.6 Å². The van der Waals surface area contributed by atoms with Crippen LogP contribution in [-0.2, 0) is 0 Å². The summed E-state index contributed by atoms with van der Waals surface area (Å²) in [6, 6.07) is 8.23. The number of hydrogen-bond acceptors (Lipinski definition) is 3. The van der Waals surface area contributed by atoms with Gasteiger partial charge in [-0.05, 0) is 87.1 Å². The fraction of sp³-hybridized carbons (Fsp3) is 0.471. The van der Waals surface area contributed by atoms with E-state index in [2.05, 4.69) is 56.3 Å². The summed E-state index contributed by atoms with van der Waals surface area (Å²) in [5.41, 5.74) is 6.10. The highest BCUT2D eigenvalue weighted by Gasteiger charge is 2.29. The number of benzene rings is 1. The highest BCUT2D eigenvalue weighted by Crippen LogP contribution is 2.35. The van der Waals surface area contributed by atoms with E-state index in [0.29, 0.717) is 0 Å². The summed E-state index contributed by atoms with van der Waals surface area (Å²) in [5.74, 6) is 0.809. The minimum atomic E-state index is -0.842. The maximum atomic E-state index is 13.2. The van der Waals surface area contributed by atoms with E-state index in [1.807, 2.05) is 63.5 Å². The van der Waals surface area contributed by atoms with Gasteiger partial charge in [0.1, 0.15) is 5.67 Å². The number of hydrogen-bond donors (Lipinski definition) is 0. The van der Waals surface area contributed by atoms with Crippen molar-refractivity contribution in [1.29, 1.82) is 0 Å². The molecule has 1 aromatic rings. The smallest absolute Gasteiger partial charge is 0.108 e. The largest absolute Gasteiger partial charge is 0.383 e. The zero-order chi connectivity index (χ0) is 28.7. The topological polar surface area (TPSA) is 28.0 Å². The molecule has 1 saturated carbocycles. The van der Waals surface area contributed by atoms with Gasteiger partial charge in [0.2, 0.25) is 0 Å². The molecular formula is C34H50FN3. The number of rotatable bonds is 10. The van der Waals surface area contributed by atoms with Gasteiger partial charge in [0, 0.05) is 44.8 Å². The van der Waals surface area contributed by atoms with Gasteiger partial charge in [0.15, 0.2) is 0 Å². The summed E-state index contributed by atoms with van der Waals surface area (Å²) in [4.78, 5) is 11.0. The van der Waals surface area contributed by atoms with Crippen molar-refractivity contribution >= 4 is 23.2 Å². The van der Waals surface area contributed by atoms with Crippen LogP contribution in [0.4, 0.5) is 4.39 Å². The normalized spacial score (nSPS) is 21.1. The van der Waals surface area contributed by atoms with Crippen molar-refractivity contribution in [3.05, 3.63) is 84.1 Å². The molecule has 1 aromatic carbocycles. The van der Waals surface area contributed by atoms with Crippen molar-refractivity contribution in [2.24, 2.45) is 15.9 Å². The molecule has 0 radical (unpaired) electrons. The highest BCUT2D eigenvalue weighted by molar-refractivity contribution is 6.10. The average molecular weight is 520 g/mol. The lowest BCUT2D eigenvalue weighted by molar-refractivity contribution is 0.102. The molecule has 0 N–H and O–H groups in total. The van der Waals surface area contributed by atoms with E-state index in [4.69, 9.17) is 4.99 Å². The first-order valence-corrected chi connectivity index (χ1v) is 13.9. The molecule has 208 valence electrons. The summed E-state index contributed by atoms with van der Waals surface area (Å²) >= 11 is 0. The van der Waals surface area contributed by atoms with Crippen LogP contribution in [0.2, 0.25) is 0 Å². The minimum Gasteiger partial charge on any atom is -0.383 e. The third kappa shape index (κ3) is 11.2. The summed E-state index contributed by atoms with van der Waals surface area (Å²) < 4.78 is 13.2. The number of halogens is 1. The van der Waals surface area contributed by atoms with Crippen molar-refractivity contribution in [1.82, 2.24) is 4.90 Å². The van der Waals surface area contributed by atoms with E-state index in [-0.39, 0.29) is 0 Å². The third-order valence-corrected chi connectivity index (χ3v) is 6.86. The third-order valence-electron chi connectivity index (χ3n) is 6.86. The first kappa shape index (κ1) is 33.0. The SMILES string of the molecule is C=C/C(=C\N(C)C)c1cccc(C(=C)N=C(C)C(=C\C)/C(C=NC)=C/CC)c1.CCC1CCC(C)(F)CC1. The first-order valence-electron chi connectivity index (χ1n) is 13.9. The Bertz CT molecular complexity index is 1060. The van der Waals surface area contributed by atoms with Gasteiger partial charge in [0.25, 0.3) is 0 Å². The molecule has 4 heteroatoms. The number of allylic oxidation sites excluding steroid dienone is 6. The Kier molecular flexibility index (Phi) is 14.6. The second kappa shape index (κ2) is 16.8. The molecule has 3 nitrogen and oxygen atoms in total. The van der Waals surface area contributed by atoms with Gasteiger partial charge in [-0.25, -0.2) is 4.39 Å². The van der Waals surface area contributed by atoms with Crippen molar-refractivity contribution < 1.29 is 4.39 Å². The fourth-order valence-corrected chi connectivity index (χ4v) is 4.59. The first-order chi connectivity index (χ1) is 18.0. The Balaban J connectivity index is 0.000000600. The van der Waals surface area contributed by atoms with E-state index in [9.17, 15) is 4.39 Å². The number of aliphatic imine (C=N–C) groups is 2. The molecule has 1 aliphatic carbocycles. The van der Waals surface area contributed by atoms with Crippen LogP contribution >= 0.6 is 0 Å². The van der Waals surface area contributed by atoms with Crippen molar-refractivity contribution in [3.63, 3.8) is 0 Å². The van der Waals surface area contributed by atoms with E-state index >= 15 is 0 Å². The zero-order valence-corrected chi connectivity index (χ0v) is 25.1. The van der Waals surface area contributed by atoms with Gasteiger partial charge in [-0.2, -0.15) is 0 Å². The molecule has 0 amide bonds. The van der Waals surface area contributed by atoms with E-state index in [1.54, 1.807) is 14.0 Å². The number of nitrogens with zero attached hydrogens (tertiary/aromatic N) is 3. The average Bonchev–Trinajstić information content (AvgIpc) is 2.88. The quantitative estimate of drug-likeness (QED) is 0.223. The lowest BCUT2D eigenvalue weighted by Gasteiger charge is -2.30. The van der Waals surface area contributed by atoms with Crippen LogP contribution in [0.5, 0.6) is 0 Å². The van der Waals surface area contributed by atoms with Gasteiger partial charge in [-0.15, -0.1) is 0 Å². The maximum Gasteiger partial charge on any atom is 0.108 e. The Labute approximate surface area is 232 Å². The van der Waals surface area contributed by atoms with Crippen LogP contribution in [0, 0.1) is 5.92 Å². The summed E-state index contributed by atoms with van der Waals surface area (Å²) in [5, 5.41) is 0. The van der Waals surface area contributed by atoms with E-state index in [0.717, 1.165) is 77.3 Å². The molecule has 2 rings (SSSR count). The Morgan fingerprint density at radius 2 is 1.82 bits per heavy atom. The van der Waals surface area contributed by atoms with E-state index < -0.39 is 5.67 Å². The minimum absolute atomic E-state index is 0.733. The van der Waals surface area contributed by atoms with Gasteiger partial charge < -0.3 is 4.90 Å². The lowest BCUT2D eigenvalue weighted by Crippen LogP contribution is -2.25. The van der Waals surface area contributed by atoms with Crippen LogP contribution in [0.15, 0.2) is 83.0 Å². The van der Waals surface area contributed by atoms with Crippen molar-refractivity contribution in [2.75, 3.05) is 21.1 Å². The molecular weight excluding hydrogens is 469 g/mol. The van der Waals surface area contributed by atoms with Crippen LogP contribution < -0.4 is 0 Å². The van der Waals surface area contributed by atoms with Crippen LogP contribution in [0.25, 0.3) is 11.3 Å². The zero-order valence-electron chi connectivity index (χ0n) is 25.1. The monoisotopic (exact) mass is 519 g/mol. The highest BCUT2D eigenvalue weighted by atomic mass is 19.1. The van der Waals surface area contributed by atoms with Gasteiger partial charge >= 0.3 is 0 Å². The summed E-state index contributed by atoms with van der Waals surface area (Å²) in [7, 11) is 5.78. The molecule has 0 spiro atoms. The molecule has 0 bridgehead atoms. The standard InChI is InChI=1S/C25H33N3.C9H17F/c1-9-13-24(17-26-6)25(11-3)20(5)27-19(4)22-14-12-15-23(16-22)21(10-2)18-28(7)8;1-3-8-4-6-9(2,10)7-5-8/h10-18H,2,4,9H2,1,3,5-8H3;8H,3-7H2,1-2H3/b21-18+,24-13+,25-11+,26-17?,27-20?;. The molecule has 0 heterocycles. The van der Waals surface area contributed by atoms with E-state index in [1.165, 1.54) is 6.42 Å². The Morgan fingerprint density at radius 3 is 2.32 bits per heavy atom. The van der Waals surface area contributed by atoms with Crippen molar-refractivity contribution in [3.8, 4) is 0 Å². The van der Waals surface area contributed by atoms with Crippen LogP contribution in [0.3, 0.4) is 0 Å². The summed E-state index contributed by atoms with van der Waals surface area (Å²) in [6.07, 6.45) is 16.0. The van der Waals surface area contributed by atoms with Gasteiger partial charge in [-0.3, -0.25) is 9.98 Å². The summed E-state index contributed by atoms with van der Waals surface area (Å²) in [6.45, 7) is 18.2. The molecule has 1 aliphatic rings. The van der Waals surface area contributed by atoms with Gasteiger partial charge in [0.05, 0.1) is 5.70 Å². The molecule has 0 aromatic heterocycles.